The van der Waals surface area contributed by atoms with Gasteiger partial charge in [-0.15, -0.1) is 0 Å². The van der Waals surface area contributed by atoms with Crippen molar-refractivity contribution in [1.82, 2.24) is 10.3 Å². The Labute approximate surface area is 157 Å². The standard InChI is InChI=1S/C21H23N3O3/c1-3-22-21(26)13-27-16-10-8-15(9-11-16)24-20(25)12-18-14(2)23-19-7-5-4-6-17(18)19/h4-11,23H,3,12-13H2,1-2H3,(H,22,26)(H,24,25). The van der Waals surface area contributed by atoms with Crippen LogP contribution in [0.15, 0.2) is 48.5 Å². The number of anilines is 1. The quantitative estimate of drug-likeness (QED) is 0.601. The molecule has 6 nitrogen and oxygen atoms in total. The molecule has 0 bridgehead atoms. The van der Waals surface area contributed by atoms with Crippen LogP contribution >= 0.6 is 0 Å². The average molecular weight is 365 g/mol. The van der Waals surface area contributed by atoms with Gasteiger partial charge in [-0.1, -0.05) is 18.2 Å². The van der Waals surface area contributed by atoms with Crippen LogP contribution in [0.3, 0.4) is 0 Å². The van der Waals surface area contributed by atoms with E-state index in [2.05, 4.69) is 15.6 Å². The van der Waals surface area contributed by atoms with Crippen LogP contribution in [0.5, 0.6) is 5.75 Å². The third-order valence-corrected chi connectivity index (χ3v) is 4.25. The molecular formula is C21H23N3O3. The Morgan fingerprint density at radius 1 is 1.04 bits per heavy atom. The summed E-state index contributed by atoms with van der Waals surface area (Å²) in [6, 6.07) is 14.9. The molecule has 1 heterocycles. The molecule has 2 amide bonds. The fraction of sp³-hybridized carbons (Fsp3) is 0.238. The molecule has 0 saturated heterocycles. The number of aromatic nitrogens is 1. The van der Waals surface area contributed by atoms with Crippen LogP contribution in [0, 0.1) is 6.92 Å². The average Bonchev–Trinajstić information content (AvgIpc) is 2.97. The number of rotatable bonds is 7. The van der Waals surface area contributed by atoms with Gasteiger partial charge in [0, 0.05) is 28.8 Å². The number of hydrogen-bond donors (Lipinski definition) is 3. The largest absolute Gasteiger partial charge is 0.484 e. The van der Waals surface area contributed by atoms with Crippen LogP contribution in [0.4, 0.5) is 5.69 Å². The summed E-state index contributed by atoms with van der Waals surface area (Å²) in [7, 11) is 0. The molecule has 1 aromatic heterocycles. The molecule has 0 radical (unpaired) electrons. The number of benzene rings is 2. The fourth-order valence-electron chi connectivity index (χ4n) is 2.96. The van der Waals surface area contributed by atoms with Gasteiger partial charge in [-0.25, -0.2) is 0 Å². The highest BCUT2D eigenvalue weighted by atomic mass is 16.5. The first-order valence-corrected chi connectivity index (χ1v) is 8.92. The Hall–Kier alpha value is -3.28. The van der Waals surface area contributed by atoms with Crippen LogP contribution in [-0.4, -0.2) is 29.9 Å². The van der Waals surface area contributed by atoms with E-state index in [1.165, 1.54) is 0 Å². The highest BCUT2D eigenvalue weighted by Gasteiger charge is 2.12. The van der Waals surface area contributed by atoms with Gasteiger partial charge in [0.25, 0.3) is 5.91 Å². The van der Waals surface area contributed by atoms with Crippen molar-refractivity contribution < 1.29 is 14.3 Å². The summed E-state index contributed by atoms with van der Waals surface area (Å²) in [6.45, 7) is 4.37. The Morgan fingerprint density at radius 3 is 2.52 bits per heavy atom. The van der Waals surface area contributed by atoms with Crippen LogP contribution in [-0.2, 0) is 16.0 Å². The summed E-state index contributed by atoms with van der Waals surface area (Å²) in [6.07, 6.45) is 0.297. The topological polar surface area (TPSA) is 83.2 Å². The number of hydrogen-bond acceptors (Lipinski definition) is 3. The number of amides is 2. The van der Waals surface area contributed by atoms with Gasteiger partial charge in [0.15, 0.2) is 6.61 Å². The summed E-state index contributed by atoms with van der Waals surface area (Å²) in [5, 5.41) is 6.63. The van der Waals surface area contributed by atoms with Gasteiger partial charge in [-0.3, -0.25) is 9.59 Å². The van der Waals surface area contributed by atoms with Crippen molar-refractivity contribution >= 4 is 28.4 Å². The third kappa shape index (κ3) is 4.67. The van der Waals surface area contributed by atoms with E-state index >= 15 is 0 Å². The summed E-state index contributed by atoms with van der Waals surface area (Å²) < 4.78 is 5.40. The number of para-hydroxylation sites is 1. The van der Waals surface area contributed by atoms with E-state index in [-0.39, 0.29) is 18.4 Å². The Balaban J connectivity index is 1.59. The third-order valence-electron chi connectivity index (χ3n) is 4.25. The number of carbonyl (C=O) groups is 2. The van der Waals surface area contributed by atoms with E-state index in [1.807, 2.05) is 38.1 Å². The van der Waals surface area contributed by atoms with Crippen LogP contribution in [0.2, 0.25) is 0 Å². The predicted octanol–water partition coefficient (Wildman–Crippen LogP) is 3.17. The van der Waals surface area contributed by atoms with Gasteiger partial charge in [-0.05, 0) is 49.7 Å². The second kappa shape index (κ2) is 8.40. The van der Waals surface area contributed by atoms with E-state index < -0.39 is 0 Å². The van der Waals surface area contributed by atoms with Crippen LogP contribution in [0.1, 0.15) is 18.2 Å². The van der Waals surface area contributed by atoms with Gasteiger partial charge < -0.3 is 20.4 Å². The lowest BCUT2D eigenvalue weighted by molar-refractivity contribution is -0.123. The van der Waals surface area contributed by atoms with Crippen molar-refractivity contribution in [2.75, 3.05) is 18.5 Å². The summed E-state index contributed by atoms with van der Waals surface area (Å²) in [5.41, 5.74) is 3.72. The monoisotopic (exact) mass is 365 g/mol. The zero-order valence-corrected chi connectivity index (χ0v) is 15.5. The molecule has 2 aromatic carbocycles. The first-order valence-electron chi connectivity index (χ1n) is 8.92. The zero-order valence-electron chi connectivity index (χ0n) is 15.5. The van der Waals surface area contributed by atoms with Crippen molar-refractivity contribution in [3.05, 3.63) is 59.8 Å². The van der Waals surface area contributed by atoms with Crippen molar-refractivity contribution in [1.29, 1.82) is 0 Å². The molecule has 3 rings (SSSR count). The van der Waals surface area contributed by atoms with E-state index in [0.29, 0.717) is 24.4 Å². The smallest absolute Gasteiger partial charge is 0.257 e. The number of aryl methyl sites for hydroxylation is 1. The van der Waals surface area contributed by atoms with Gasteiger partial charge in [-0.2, -0.15) is 0 Å². The molecular weight excluding hydrogens is 342 g/mol. The number of likely N-dealkylation sites (N-methyl/N-ethyl adjacent to an activating group) is 1. The van der Waals surface area contributed by atoms with Gasteiger partial charge in [0.1, 0.15) is 5.75 Å². The fourth-order valence-corrected chi connectivity index (χ4v) is 2.96. The maximum Gasteiger partial charge on any atom is 0.257 e. The van der Waals surface area contributed by atoms with E-state index in [1.54, 1.807) is 24.3 Å². The molecule has 0 aliphatic heterocycles. The van der Waals surface area contributed by atoms with Crippen molar-refractivity contribution in [2.24, 2.45) is 0 Å². The summed E-state index contributed by atoms with van der Waals surface area (Å²) >= 11 is 0. The number of H-pyrrole nitrogens is 1. The molecule has 0 spiro atoms. The first kappa shape index (κ1) is 18.5. The normalized spacial score (nSPS) is 10.6. The lowest BCUT2D eigenvalue weighted by atomic mass is 10.1. The minimum absolute atomic E-state index is 0.0284. The maximum atomic E-state index is 12.4. The molecule has 0 aliphatic carbocycles. The number of carbonyl (C=O) groups excluding carboxylic acids is 2. The minimum atomic E-state index is -0.163. The summed E-state index contributed by atoms with van der Waals surface area (Å²) in [5.74, 6) is 0.328. The lowest BCUT2D eigenvalue weighted by Crippen LogP contribution is -2.28. The van der Waals surface area contributed by atoms with Gasteiger partial charge in [0.05, 0.1) is 6.42 Å². The second-order valence-corrected chi connectivity index (χ2v) is 6.27. The first-order chi connectivity index (χ1) is 13.1. The molecule has 0 saturated carbocycles. The Morgan fingerprint density at radius 2 is 1.78 bits per heavy atom. The van der Waals surface area contributed by atoms with E-state index in [9.17, 15) is 9.59 Å². The second-order valence-electron chi connectivity index (χ2n) is 6.27. The Kier molecular flexibility index (Phi) is 5.76. The van der Waals surface area contributed by atoms with Crippen molar-refractivity contribution in [2.45, 2.75) is 20.3 Å². The molecule has 3 N–H and O–H groups in total. The molecule has 0 aliphatic rings. The van der Waals surface area contributed by atoms with Crippen LogP contribution < -0.4 is 15.4 Å². The van der Waals surface area contributed by atoms with Gasteiger partial charge >= 0.3 is 0 Å². The number of ether oxygens (including phenoxy) is 1. The van der Waals surface area contributed by atoms with E-state index in [4.69, 9.17) is 4.74 Å². The molecule has 0 atom stereocenters. The number of fused-ring (bicyclic) bond motifs is 1. The summed E-state index contributed by atoms with van der Waals surface area (Å²) in [4.78, 5) is 27.2. The SMILES string of the molecule is CCNC(=O)COc1ccc(NC(=O)Cc2c(C)[nH]c3ccccc23)cc1. The molecule has 0 unspecified atom stereocenters. The van der Waals surface area contributed by atoms with Crippen molar-refractivity contribution in [3.63, 3.8) is 0 Å². The number of nitrogens with one attached hydrogen (secondary N) is 3. The van der Waals surface area contributed by atoms with Crippen molar-refractivity contribution in [3.8, 4) is 5.75 Å². The minimum Gasteiger partial charge on any atom is -0.484 e. The zero-order chi connectivity index (χ0) is 19.2. The number of aromatic amines is 1. The molecule has 6 heteroatoms. The molecule has 140 valence electrons. The Bertz CT molecular complexity index is 945. The lowest BCUT2D eigenvalue weighted by Gasteiger charge is -2.08. The van der Waals surface area contributed by atoms with E-state index in [0.717, 1.165) is 22.2 Å². The predicted molar refractivity (Wildman–Crippen MR) is 106 cm³/mol. The molecule has 3 aromatic rings. The molecule has 27 heavy (non-hydrogen) atoms. The molecule has 0 fully saturated rings. The van der Waals surface area contributed by atoms with Crippen LogP contribution in [0.25, 0.3) is 10.9 Å². The maximum absolute atomic E-state index is 12.4. The highest BCUT2D eigenvalue weighted by molar-refractivity contribution is 5.96. The van der Waals surface area contributed by atoms with Gasteiger partial charge in [0.2, 0.25) is 5.91 Å². The highest BCUT2D eigenvalue weighted by Crippen LogP contribution is 2.23.